The summed E-state index contributed by atoms with van der Waals surface area (Å²) in [5.74, 6) is 2.40. The molecule has 3 aromatic heterocycles. The molecule has 0 unspecified atom stereocenters. The van der Waals surface area contributed by atoms with Crippen LogP contribution in [0.3, 0.4) is 0 Å². The van der Waals surface area contributed by atoms with Crippen LogP contribution in [0.4, 0.5) is 17.6 Å². The van der Waals surface area contributed by atoms with Crippen LogP contribution in [-0.4, -0.2) is 46.1 Å². The zero-order valence-corrected chi connectivity index (χ0v) is 15.7. The van der Waals surface area contributed by atoms with Crippen molar-refractivity contribution in [1.29, 1.82) is 0 Å². The van der Waals surface area contributed by atoms with E-state index in [4.69, 9.17) is 4.74 Å². The van der Waals surface area contributed by atoms with E-state index >= 15 is 0 Å². The number of ether oxygens (including phenoxy) is 1. The number of aromatic nitrogens is 5. The van der Waals surface area contributed by atoms with Crippen molar-refractivity contribution < 1.29 is 4.74 Å². The molecule has 0 bridgehead atoms. The molecule has 8 nitrogen and oxygen atoms in total. The molecule has 1 N–H and O–H groups in total. The number of nitrogens with zero attached hydrogens (tertiary/aromatic N) is 6. The standard InChI is InChI=1S/C20H18N7O/c1-27(2)18-12-22-14-8-7-13(10-15(14)24-18)19-16(28-3)11-23-20(26-19)25-17-6-4-5-9-21-17/h4,6-12H,1-3H3,(H,21,23,25,26). The van der Waals surface area contributed by atoms with Crippen LogP contribution in [0.25, 0.3) is 22.3 Å². The van der Waals surface area contributed by atoms with Gasteiger partial charge in [0.15, 0.2) is 5.75 Å². The third kappa shape index (κ3) is 3.52. The predicted octanol–water partition coefficient (Wildman–Crippen LogP) is 3.10. The molecule has 0 aliphatic heterocycles. The lowest BCUT2D eigenvalue weighted by Gasteiger charge is -2.12. The van der Waals surface area contributed by atoms with E-state index in [-0.39, 0.29) is 0 Å². The van der Waals surface area contributed by atoms with Crippen LogP contribution in [0.15, 0.2) is 48.9 Å². The monoisotopic (exact) mass is 372 g/mol. The summed E-state index contributed by atoms with van der Waals surface area (Å²) in [5, 5.41) is 3.08. The van der Waals surface area contributed by atoms with E-state index in [0.29, 0.717) is 23.2 Å². The van der Waals surface area contributed by atoms with Crippen LogP contribution in [-0.2, 0) is 0 Å². The van der Waals surface area contributed by atoms with Crippen molar-refractivity contribution in [3.05, 3.63) is 55.0 Å². The van der Waals surface area contributed by atoms with Crippen LogP contribution < -0.4 is 15.0 Å². The molecule has 0 amide bonds. The fourth-order valence-corrected chi connectivity index (χ4v) is 2.66. The zero-order valence-electron chi connectivity index (χ0n) is 15.7. The predicted molar refractivity (Wildman–Crippen MR) is 108 cm³/mol. The van der Waals surface area contributed by atoms with E-state index in [9.17, 15) is 0 Å². The van der Waals surface area contributed by atoms with Crippen molar-refractivity contribution in [2.24, 2.45) is 0 Å². The van der Waals surface area contributed by atoms with Crippen LogP contribution in [0, 0.1) is 6.07 Å². The first kappa shape index (κ1) is 17.6. The lowest BCUT2D eigenvalue weighted by Crippen LogP contribution is -2.10. The second-order valence-electron chi connectivity index (χ2n) is 6.21. The van der Waals surface area contributed by atoms with E-state index < -0.39 is 0 Å². The number of fused-ring (bicyclic) bond motifs is 1. The number of benzene rings is 1. The Labute approximate surface area is 162 Å². The fourth-order valence-electron chi connectivity index (χ4n) is 2.66. The largest absolute Gasteiger partial charge is 0.493 e. The fraction of sp³-hybridized carbons (Fsp3) is 0.150. The number of anilines is 3. The Kier molecular flexibility index (Phi) is 4.67. The van der Waals surface area contributed by atoms with Gasteiger partial charge in [0.05, 0.1) is 30.5 Å². The van der Waals surface area contributed by atoms with E-state index in [1.165, 1.54) is 0 Å². The van der Waals surface area contributed by atoms with Gasteiger partial charge in [-0.3, -0.25) is 4.98 Å². The molecular formula is C20H18N7O. The molecule has 139 valence electrons. The quantitative estimate of drug-likeness (QED) is 0.572. The average molecular weight is 372 g/mol. The summed E-state index contributed by atoms with van der Waals surface area (Å²) in [6.07, 6.45) is 4.96. The van der Waals surface area contributed by atoms with E-state index in [1.54, 1.807) is 37.8 Å². The third-order valence-electron chi connectivity index (χ3n) is 4.09. The van der Waals surface area contributed by atoms with Crippen molar-refractivity contribution in [2.75, 3.05) is 31.4 Å². The van der Waals surface area contributed by atoms with Gasteiger partial charge in [0.2, 0.25) is 5.95 Å². The molecular weight excluding hydrogens is 354 g/mol. The molecule has 4 rings (SSSR count). The molecule has 0 spiro atoms. The Hall–Kier alpha value is -3.81. The Morgan fingerprint density at radius 2 is 1.89 bits per heavy atom. The Bertz CT molecular complexity index is 1120. The number of hydrogen-bond acceptors (Lipinski definition) is 8. The molecule has 0 saturated carbocycles. The maximum absolute atomic E-state index is 5.46. The molecule has 28 heavy (non-hydrogen) atoms. The van der Waals surface area contributed by atoms with E-state index in [1.807, 2.05) is 37.2 Å². The lowest BCUT2D eigenvalue weighted by molar-refractivity contribution is 0.413. The first-order valence-corrected chi connectivity index (χ1v) is 8.58. The Balaban J connectivity index is 1.77. The van der Waals surface area contributed by atoms with Gasteiger partial charge in [-0.1, -0.05) is 6.07 Å². The Morgan fingerprint density at radius 3 is 2.64 bits per heavy atom. The summed E-state index contributed by atoms with van der Waals surface area (Å²) >= 11 is 0. The average Bonchev–Trinajstić information content (AvgIpc) is 2.73. The van der Waals surface area contributed by atoms with Crippen molar-refractivity contribution in [2.45, 2.75) is 0 Å². The zero-order chi connectivity index (χ0) is 19.5. The van der Waals surface area contributed by atoms with Gasteiger partial charge in [-0.05, 0) is 24.3 Å². The highest BCUT2D eigenvalue weighted by Gasteiger charge is 2.12. The summed E-state index contributed by atoms with van der Waals surface area (Å²) in [7, 11) is 5.45. The molecule has 0 fully saturated rings. The van der Waals surface area contributed by atoms with Crippen molar-refractivity contribution in [1.82, 2.24) is 24.9 Å². The number of nitrogens with one attached hydrogen (secondary N) is 1. The molecule has 0 saturated heterocycles. The highest BCUT2D eigenvalue weighted by atomic mass is 16.5. The van der Waals surface area contributed by atoms with Gasteiger partial charge < -0.3 is 15.0 Å². The van der Waals surface area contributed by atoms with Crippen molar-refractivity contribution >= 4 is 28.6 Å². The topological polar surface area (TPSA) is 88.9 Å². The van der Waals surface area contributed by atoms with Gasteiger partial charge in [-0.25, -0.2) is 19.9 Å². The summed E-state index contributed by atoms with van der Waals surface area (Å²) in [4.78, 5) is 24.1. The number of methoxy groups -OCH3 is 1. The maximum atomic E-state index is 5.46. The number of pyridine rings is 1. The van der Waals surface area contributed by atoms with Crippen LogP contribution in [0.1, 0.15) is 0 Å². The van der Waals surface area contributed by atoms with Gasteiger partial charge in [-0.2, -0.15) is 0 Å². The second-order valence-corrected chi connectivity index (χ2v) is 6.21. The van der Waals surface area contributed by atoms with Gasteiger partial charge in [-0.15, -0.1) is 0 Å². The number of hydrogen-bond donors (Lipinski definition) is 1. The van der Waals surface area contributed by atoms with Crippen LogP contribution in [0.2, 0.25) is 0 Å². The normalized spacial score (nSPS) is 10.7. The smallest absolute Gasteiger partial charge is 0.229 e. The van der Waals surface area contributed by atoms with E-state index in [2.05, 4.69) is 36.3 Å². The summed E-state index contributed by atoms with van der Waals surface area (Å²) in [6, 6.07) is 12.2. The van der Waals surface area contributed by atoms with Gasteiger partial charge >= 0.3 is 0 Å². The van der Waals surface area contributed by atoms with Gasteiger partial charge in [0.1, 0.15) is 17.3 Å². The molecule has 4 aromatic rings. The van der Waals surface area contributed by atoms with Gasteiger partial charge in [0, 0.05) is 31.9 Å². The molecule has 0 aliphatic rings. The summed E-state index contributed by atoms with van der Waals surface area (Å²) < 4.78 is 5.46. The molecule has 0 atom stereocenters. The first-order valence-electron chi connectivity index (χ1n) is 8.58. The minimum Gasteiger partial charge on any atom is -0.493 e. The highest BCUT2D eigenvalue weighted by molar-refractivity contribution is 5.83. The second kappa shape index (κ2) is 7.43. The molecule has 8 heteroatoms. The molecule has 1 aromatic carbocycles. The molecule has 0 aliphatic carbocycles. The van der Waals surface area contributed by atoms with Gasteiger partial charge in [0.25, 0.3) is 0 Å². The molecule has 1 radical (unpaired) electrons. The lowest BCUT2D eigenvalue weighted by atomic mass is 10.1. The summed E-state index contributed by atoms with van der Waals surface area (Å²) in [6.45, 7) is 0. The Morgan fingerprint density at radius 1 is 1.00 bits per heavy atom. The highest BCUT2D eigenvalue weighted by Crippen LogP contribution is 2.30. The van der Waals surface area contributed by atoms with Crippen molar-refractivity contribution in [3.8, 4) is 17.0 Å². The van der Waals surface area contributed by atoms with Crippen molar-refractivity contribution in [3.63, 3.8) is 0 Å². The third-order valence-corrected chi connectivity index (χ3v) is 4.09. The maximum Gasteiger partial charge on any atom is 0.229 e. The minimum atomic E-state index is 0.419. The van der Waals surface area contributed by atoms with Crippen LogP contribution >= 0.6 is 0 Å². The number of rotatable bonds is 5. The first-order chi connectivity index (χ1) is 13.6. The van der Waals surface area contributed by atoms with E-state index in [0.717, 1.165) is 22.4 Å². The molecule has 3 heterocycles. The SMILES string of the molecule is COc1cnc(Nc2cc[c]cn2)nc1-c1ccc2ncc(N(C)C)nc2c1. The minimum absolute atomic E-state index is 0.419. The summed E-state index contributed by atoms with van der Waals surface area (Å²) in [5.41, 5.74) is 3.10. The van der Waals surface area contributed by atoms with Crippen LogP contribution in [0.5, 0.6) is 5.75 Å².